The van der Waals surface area contributed by atoms with Crippen LogP contribution in [0.2, 0.25) is 10.0 Å². The molecule has 0 bridgehead atoms. The van der Waals surface area contributed by atoms with Gasteiger partial charge in [-0.25, -0.2) is 0 Å². The van der Waals surface area contributed by atoms with Crippen molar-refractivity contribution in [2.75, 3.05) is 11.9 Å². The van der Waals surface area contributed by atoms with Gasteiger partial charge in [-0.1, -0.05) is 23.2 Å². The van der Waals surface area contributed by atoms with Crippen LogP contribution < -0.4 is 10.1 Å². The van der Waals surface area contributed by atoms with Crippen LogP contribution in [0.3, 0.4) is 0 Å². The Morgan fingerprint density at radius 3 is 1.78 bits per heavy atom. The average molecular weight is 400 g/mol. The molecule has 0 unspecified atom stereocenters. The van der Waals surface area contributed by atoms with Crippen molar-refractivity contribution < 1.29 is 14.3 Å². The third-order valence-electron chi connectivity index (χ3n) is 3.72. The Morgan fingerprint density at radius 1 is 0.741 bits per heavy atom. The quantitative estimate of drug-likeness (QED) is 0.576. The molecule has 3 aromatic rings. The smallest absolute Gasteiger partial charge is 0.262 e. The van der Waals surface area contributed by atoms with Crippen molar-refractivity contribution in [3.63, 3.8) is 0 Å². The molecule has 0 aliphatic rings. The fourth-order valence-corrected chi connectivity index (χ4v) is 2.60. The minimum absolute atomic E-state index is 0.112. The molecule has 1 N–H and O–H groups in total. The molecule has 0 aromatic heterocycles. The van der Waals surface area contributed by atoms with Crippen LogP contribution in [-0.2, 0) is 4.79 Å². The number of hydrogen-bond donors (Lipinski definition) is 1. The lowest BCUT2D eigenvalue weighted by Gasteiger charge is -2.08. The van der Waals surface area contributed by atoms with Gasteiger partial charge in [0.1, 0.15) is 5.75 Å². The number of carbonyl (C=O) groups is 2. The molecule has 4 nitrogen and oxygen atoms in total. The second-order valence-corrected chi connectivity index (χ2v) is 6.58. The van der Waals surface area contributed by atoms with Crippen molar-refractivity contribution in [3.05, 3.63) is 94.0 Å². The van der Waals surface area contributed by atoms with E-state index in [-0.39, 0.29) is 18.3 Å². The van der Waals surface area contributed by atoms with E-state index in [9.17, 15) is 9.59 Å². The predicted molar refractivity (Wildman–Crippen MR) is 107 cm³/mol. The molecular formula is C21H15Cl2NO3. The molecule has 6 heteroatoms. The van der Waals surface area contributed by atoms with Gasteiger partial charge in [0.15, 0.2) is 12.4 Å². The maximum absolute atomic E-state index is 12.4. The van der Waals surface area contributed by atoms with Gasteiger partial charge < -0.3 is 10.1 Å². The number of nitrogens with one attached hydrogen (secondary N) is 1. The van der Waals surface area contributed by atoms with E-state index in [4.69, 9.17) is 27.9 Å². The molecule has 0 aliphatic heterocycles. The third kappa shape index (κ3) is 5.33. The average Bonchev–Trinajstić information content (AvgIpc) is 2.69. The van der Waals surface area contributed by atoms with Crippen LogP contribution >= 0.6 is 23.2 Å². The van der Waals surface area contributed by atoms with Gasteiger partial charge in [0.2, 0.25) is 0 Å². The first-order valence-corrected chi connectivity index (χ1v) is 8.85. The van der Waals surface area contributed by atoms with E-state index >= 15 is 0 Å². The SMILES string of the molecule is O=C(COc1ccc(C(=O)c2ccc(Cl)cc2)cc1)Nc1ccc(Cl)cc1. The number of benzene rings is 3. The van der Waals surface area contributed by atoms with Crippen molar-refractivity contribution in [3.8, 4) is 5.75 Å². The Morgan fingerprint density at radius 2 is 1.22 bits per heavy atom. The van der Waals surface area contributed by atoms with Crippen LogP contribution in [0, 0.1) is 0 Å². The standard InChI is InChI=1S/C21H15Cl2NO3/c22-16-5-1-14(2-6-16)21(26)15-3-11-19(12-4-15)27-13-20(25)24-18-9-7-17(23)8-10-18/h1-12H,13H2,(H,24,25). The third-order valence-corrected chi connectivity index (χ3v) is 4.22. The highest BCUT2D eigenvalue weighted by Crippen LogP contribution is 2.18. The van der Waals surface area contributed by atoms with Crippen LogP contribution in [-0.4, -0.2) is 18.3 Å². The van der Waals surface area contributed by atoms with Gasteiger partial charge in [0.05, 0.1) is 0 Å². The Balaban J connectivity index is 1.55. The van der Waals surface area contributed by atoms with E-state index in [2.05, 4.69) is 5.32 Å². The second kappa shape index (κ2) is 8.71. The lowest BCUT2D eigenvalue weighted by Crippen LogP contribution is -2.20. The van der Waals surface area contributed by atoms with Crippen molar-refractivity contribution >= 4 is 40.6 Å². The molecule has 0 atom stereocenters. The number of rotatable bonds is 6. The molecule has 27 heavy (non-hydrogen) atoms. The Bertz CT molecular complexity index is 937. The van der Waals surface area contributed by atoms with Gasteiger partial charge in [-0.05, 0) is 72.8 Å². The highest BCUT2D eigenvalue weighted by Gasteiger charge is 2.10. The van der Waals surface area contributed by atoms with Gasteiger partial charge in [0.25, 0.3) is 5.91 Å². The van der Waals surface area contributed by atoms with E-state index < -0.39 is 0 Å². The van der Waals surface area contributed by atoms with Gasteiger partial charge in [0, 0.05) is 26.9 Å². The molecule has 0 fully saturated rings. The summed E-state index contributed by atoms with van der Waals surface area (Å²) in [6.07, 6.45) is 0. The van der Waals surface area contributed by atoms with E-state index in [0.717, 1.165) is 0 Å². The lowest BCUT2D eigenvalue weighted by molar-refractivity contribution is -0.118. The number of carbonyl (C=O) groups excluding carboxylic acids is 2. The summed E-state index contributed by atoms with van der Waals surface area (Å²) >= 11 is 11.6. The number of ketones is 1. The maximum atomic E-state index is 12.4. The first-order chi connectivity index (χ1) is 13.0. The lowest BCUT2D eigenvalue weighted by atomic mass is 10.0. The monoisotopic (exact) mass is 399 g/mol. The van der Waals surface area contributed by atoms with Crippen molar-refractivity contribution in [2.45, 2.75) is 0 Å². The summed E-state index contributed by atoms with van der Waals surface area (Å²) in [5, 5.41) is 3.88. The molecule has 0 radical (unpaired) electrons. The van der Waals surface area contributed by atoms with Crippen LogP contribution in [0.1, 0.15) is 15.9 Å². The van der Waals surface area contributed by atoms with Gasteiger partial charge in [-0.15, -0.1) is 0 Å². The minimum atomic E-state index is -0.293. The van der Waals surface area contributed by atoms with Crippen LogP contribution in [0.15, 0.2) is 72.8 Å². The van der Waals surface area contributed by atoms with E-state index in [1.165, 1.54) is 0 Å². The molecule has 3 rings (SSSR count). The first-order valence-electron chi connectivity index (χ1n) is 8.10. The Kier molecular flexibility index (Phi) is 6.12. The van der Waals surface area contributed by atoms with E-state index in [0.29, 0.717) is 32.6 Å². The van der Waals surface area contributed by atoms with Gasteiger partial charge in [-0.2, -0.15) is 0 Å². The Labute approximate surface area is 166 Å². The van der Waals surface area contributed by atoms with Crippen LogP contribution in [0.5, 0.6) is 5.75 Å². The molecule has 0 spiro atoms. The predicted octanol–water partition coefficient (Wildman–Crippen LogP) is 5.24. The summed E-state index contributed by atoms with van der Waals surface area (Å²) in [5.74, 6) is 0.0891. The summed E-state index contributed by atoms with van der Waals surface area (Å²) in [7, 11) is 0. The molecule has 1 amide bonds. The second-order valence-electron chi connectivity index (χ2n) is 5.70. The number of ether oxygens (including phenoxy) is 1. The zero-order valence-corrected chi connectivity index (χ0v) is 15.6. The highest BCUT2D eigenvalue weighted by atomic mass is 35.5. The minimum Gasteiger partial charge on any atom is -0.484 e. The van der Waals surface area contributed by atoms with Gasteiger partial charge >= 0.3 is 0 Å². The molecule has 0 heterocycles. The largest absolute Gasteiger partial charge is 0.484 e. The zero-order chi connectivity index (χ0) is 19.2. The van der Waals surface area contributed by atoms with Crippen LogP contribution in [0.4, 0.5) is 5.69 Å². The van der Waals surface area contributed by atoms with Crippen molar-refractivity contribution in [1.82, 2.24) is 0 Å². The fourth-order valence-electron chi connectivity index (χ4n) is 2.35. The topological polar surface area (TPSA) is 55.4 Å². The van der Waals surface area contributed by atoms with Crippen molar-refractivity contribution in [2.24, 2.45) is 0 Å². The fraction of sp³-hybridized carbons (Fsp3) is 0.0476. The molecule has 3 aromatic carbocycles. The summed E-state index contributed by atoms with van der Waals surface area (Å²) in [4.78, 5) is 24.3. The number of anilines is 1. The summed E-state index contributed by atoms with van der Waals surface area (Å²) in [6.45, 7) is -0.146. The summed E-state index contributed by atoms with van der Waals surface area (Å²) in [5.41, 5.74) is 1.71. The molecule has 0 saturated carbocycles. The molecular weight excluding hydrogens is 385 g/mol. The Hall–Kier alpha value is -2.82. The highest BCUT2D eigenvalue weighted by molar-refractivity contribution is 6.31. The normalized spacial score (nSPS) is 10.3. The van der Waals surface area contributed by atoms with Crippen molar-refractivity contribution in [1.29, 1.82) is 0 Å². The number of amides is 1. The first kappa shape index (κ1) is 19.0. The zero-order valence-electron chi connectivity index (χ0n) is 14.1. The van der Waals surface area contributed by atoms with Gasteiger partial charge in [-0.3, -0.25) is 9.59 Å². The molecule has 0 saturated heterocycles. The molecule has 0 aliphatic carbocycles. The summed E-state index contributed by atoms with van der Waals surface area (Å²) < 4.78 is 5.45. The number of hydrogen-bond acceptors (Lipinski definition) is 3. The van der Waals surface area contributed by atoms with E-state index in [1.807, 2.05) is 0 Å². The maximum Gasteiger partial charge on any atom is 0.262 e. The van der Waals surface area contributed by atoms with Crippen LogP contribution in [0.25, 0.3) is 0 Å². The molecule has 136 valence electrons. The summed E-state index contributed by atoms with van der Waals surface area (Å²) in [6, 6.07) is 20.1. The van der Waals surface area contributed by atoms with E-state index in [1.54, 1.807) is 72.8 Å². The number of halogens is 2.